The molecule has 0 radical (unpaired) electrons. The van der Waals surface area contributed by atoms with E-state index in [1.165, 1.54) is 11.0 Å². The Kier molecular flexibility index (Phi) is 7.99. The van der Waals surface area contributed by atoms with Crippen LogP contribution in [0.15, 0.2) is 212 Å². The third kappa shape index (κ3) is 8.15. The van der Waals surface area contributed by atoms with Crippen molar-refractivity contribution in [2.45, 2.75) is 78.6 Å². The Morgan fingerprint density at radius 3 is 1.63 bits per heavy atom. The van der Waals surface area contributed by atoms with Crippen LogP contribution in [0.1, 0.15) is 98.2 Å². The molecule has 0 atom stereocenters. The number of benzene rings is 9. The van der Waals surface area contributed by atoms with Gasteiger partial charge >= 0.3 is 0 Å². The van der Waals surface area contributed by atoms with E-state index < -0.39 is 79.2 Å². The summed E-state index contributed by atoms with van der Waals surface area (Å²) in [4.78, 5) is 5.71. The summed E-state index contributed by atoms with van der Waals surface area (Å²) in [6.45, 7) is 18.8. The third-order valence-electron chi connectivity index (χ3n) is 14.2. The summed E-state index contributed by atoms with van der Waals surface area (Å²) >= 11 is 1.67. The molecule has 0 unspecified atom stereocenters. The van der Waals surface area contributed by atoms with Gasteiger partial charge in [-0.2, -0.15) is 0 Å². The summed E-state index contributed by atoms with van der Waals surface area (Å²) in [6.07, 6.45) is 0. The Morgan fingerprint density at radius 1 is 0.466 bits per heavy atom. The van der Waals surface area contributed by atoms with E-state index in [4.69, 9.17) is 12.3 Å². The van der Waals surface area contributed by atoms with E-state index in [9.17, 15) is 6.85 Å². The lowest BCUT2D eigenvalue weighted by Crippen LogP contribution is -2.60. The molecule has 9 aromatic carbocycles. The van der Waals surface area contributed by atoms with Gasteiger partial charge in [0.1, 0.15) is 0 Å². The minimum Gasteiger partial charge on any atom is -0.311 e. The Balaban J connectivity index is 1.31. The van der Waals surface area contributed by atoms with Gasteiger partial charge < -0.3 is 14.7 Å². The molecule has 10 aromatic rings. The Hall–Kier alpha value is -7.60. The first-order chi connectivity index (χ1) is 40.9. The van der Waals surface area contributed by atoms with E-state index in [2.05, 4.69) is 133 Å². The first-order valence-corrected chi connectivity index (χ1v) is 25.5. The molecule has 0 saturated carbocycles. The van der Waals surface area contributed by atoms with Crippen molar-refractivity contribution in [1.29, 1.82) is 0 Å². The molecule has 0 spiro atoms. The maximum absolute atomic E-state index is 9.60. The van der Waals surface area contributed by atoms with Gasteiger partial charge in [0, 0.05) is 60.2 Å². The Labute approximate surface area is 456 Å². The van der Waals surface area contributed by atoms with Crippen LogP contribution in [0.25, 0.3) is 32.3 Å². The van der Waals surface area contributed by atoms with Crippen molar-refractivity contribution in [2.75, 3.05) is 14.7 Å². The zero-order chi connectivity index (χ0) is 62.6. The summed E-state index contributed by atoms with van der Waals surface area (Å²) in [5.74, 6) is 0. The highest BCUT2D eigenvalue weighted by molar-refractivity contribution is 7.33. The van der Waals surface area contributed by atoms with Crippen LogP contribution in [0.2, 0.25) is 0 Å². The maximum atomic E-state index is 9.60. The highest BCUT2D eigenvalue weighted by atomic mass is 32.1. The van der Waals surface area contributed by atoms with Crippen molar-refractivity contribution in [1.82, 2.24) is 0 Å². The fraction of sp³-hybridized carbons (Fsp3) is 0.176. The Morgan fingerprint density at radius 2 is 1.01 bits per heavy atom. The summed E-state index contributed by atoms with van der Waals surface area (Å²) in [7, 11) is 0. The van der Waals surface area contributed by atoms with Crippen molar-refractivity contribution >= 4 is 95.0 Å². The average Bonchev–Trinajstić information content (AvgIpc) is 1.70. The highest BCUT2D eigenvalue weighted by Gasteiger charge is 2.46. The number of hydrogen-bond acceptors (Lipinski definition) is 4. The van der Waals surface area contributed by atoms with Gasteiger partial charge in [-0.3, -0.25) is 0 Å². The molecular formula is C68H62BN3S. The van der Waals surface area contributed by atoms with Crippen molar-refractivity contribution < 1.29 is 19.2 Å². The van der Waals surface area contributed by atoms with Crippen LogP contribution >= 0.6 is 11.3 Å². The molecule has 73 heavy (non-hydrogen) atoms. The molecule has 0 amide bonds. The zero-order valence-electron chi connectivity index (χ0n) is 56.5. The number of thiophene rings is 1. The van der Waals surface area contributed by atoms with E-state index in [0.717, 1.165) is 53.9 Å². The van der Waals surface area contributed by atoms with E-state index in [1.54, 1.807) is 11.3 Å². The second kappa shape index (κ2) is 17.6. The van der Waals surface area contributed by atoms with E-state index in [-0.39, 0.29) is 51.0 Å². The normalized spacial score (nSPS) is 15.9. The molecule has 0 aliphatic carbocycles. The Bertz CT molecular complexity index is 4470. The number of nitrogens with zero attached hydrogens (tertiary/aromatic N) is 3. The van der Waals surface area contributed by atoms with Gasteiger partial charge in [-0.1, -0.05) is 196 Å². The van der Waals surface area contributed by atoms with Crippen LogP contribution < -0.4 is 30.4 Å². The predicted molar refractivity (Wildman–Crippen MR) is 318 cm³/mol. The van der Waals surface area contributed by atoms with Crippen LogP contribution in [0.3, 0.4) is 0 Å². The van der Waals surface area contributed by atoms with Crippen molar-refractivity contribution in [3.05, 3.63) is 229 Å². The van der Waals surface area contributed by atoms with Crippen molar-refractivity contribution in [3.8, 4) is 22.3 Å². The molecule has 3 nitrogen and oxygen atoms in total. The number of fused-ring (bicyclic) bond motifs is 6. The molecule has 0 saturated heterocycles. The largest absolute Gasteiger partial charge is 0.311 e. The molecule has 0 fully saturated rings. The molecule has 1 aromatic heterocycles. The number of hydrogen-bond donors (Lipinski definition) is 0. The monoisotopic (exact) mass is 978 g/mol. The summed E-state index contributed by atoms with van der Waals surface area (Å²) in [6, 6.07) is 34.3. The quantitative estimate of drug-likeness (QED) is 0.147. The SMILES string of the molecule is [2H]c1cc(N(c2cc3c(cc2-c2ccccc2)B2c4sc5ccc(C(C)(C)C)cc5c4N(c4ccc(C(C)(C)C)cc4)c4cc(-c5c([2H])c([2H])c([2H])c([2H])c5[2H])cc(c42)N3c2ccc(C(C)(C)C)cc2)c2c([2H])c([2H])c([2H])c([2H])c2[2H])c([2H])c([2H])c1[2H]. The number of rotatable bonds is 7. The van der Waals surface area contributed by atoms with Crippen LogP contribution in [-0.4, -0.2) is 6.71 Å². The van der Waals surface area contributed by atoms with Crippen LogP contribution in [0.4, 0.5) is 51.2 Å². The fourth-order valence-corrected chi connectivity index (χ4v) is 11.7. The van der Waals surface area contributed by atoms with Crippen LogP contribution in [0.5, 0.6) is 0 Å². The molecule has 2 aliphatic heterocycles. The molecule has 0 bridgehead atoms. The lowest BCUT2D eigenvalue weighted by atomic mass is 9.36. The van der Waals surface area contributed by atoms with E-state index in [1.807, 2.05) is 60.7 Å². The van der Waals surface area contributed by atoms with Gasteiger partial charge in [-0.25, -0.2) is 0 Å². The van der Waals surface area contributed by atoms with Gasteiger partial charge in [0.2, 0.25) is 0 Å². The summed E-state index contributed by atoms with van der Waals surface area (Å²) in [5, 5.41) is 0.981. The minimum absolute atomic E-state index is 0.00450. The van der Waals surface area contributed by atoms with E-state index >= 15 is 0 Å². The summed E-state index contributed by atoms with van der Waals surface area (Å²) in [5.41, 5.74) is 9.62. The number of anilines is 9. The molecule has 5 heteroatoms. The molecular weight excluding hydrogens is 902 g/mol. The highest BCUT2D eigenvalue weighted by Crippen LogP contribution is 2.52. The molecule has 12 rings (SSSR count). The van der Waals surface area contributed by atoms with Gasteiger partial charge in [-0.15, -0.1) is 11.3 Å². The first-order valence-electron chi connectivity index (χ1n) is 31.7. The van der Waals surface area contributed by atoms with Gasteiger partial charge in [0.25, 0.3) is 6.71 Å². The zero-order valence-corrected chi connectivity index (χ0v) is 43.3. The average molecular weight is 978 g/mol. The van der Waals surface area contributed by atoms with E-state index in [0.29, 0.717) is 39.4 Å². The molecule has 2 aliphatic rings. The smallest absolute Gasteiger partial charge is 0.264 e. The van der Waals surface area contributed by atoms with Gasteiger partial charge in [0.05, 0.1) is 30.6 Å². The van der Waals surface area contributed by atoms with Gasteiger partial charge in [-0.05, 0) is 139 Å². The van der Waals surface area contributed by atoms with Crippen LogP contribution in [-0.2, 0) is 16.2 Å². The van der Waals surface area contributed by atoms with Gasteiger partial charge in [0.15, 0.2) is 0 Å². The van der Waals surface area contributed by atoms with Crippen molar-refractivity contribution in [3.63, 3.8) is 0 Å². The van der Waals surface area contributed by atoms with Crippen molar-refractivity contribution in [2.24, 2.45) is 0 Å². The second-order valence-electron chi connectivity index (χ2n) is 22.1. The second-order valence-corrected chi connectivity index (χ2v) is 23.1. The molecule has 0 N–H and O–H groups in total. The predicted octanol–water partition coefficient (Wildman–Crippen LogP) is 17.7. The topological polar surface area (TPSA) is 9.72 Å². The first kappa shape index (κ1) is 33.2. The maximum Gasteiger partial charge on any atom is 0.264 e. The molecule has 358 valence electrons. The summed E-state index contributed by atoms with van der Waals surface area (Å²) < 4.78 is 130. The molecule has 3 heterocycles. The third-order valence-corrected chi connectivity index (χ3v) is 15.5. The lowest BCUT2D eigenvalue weighted by Gasteiger charge is -2.44. The van der Waals surface area contributed by atoms with Crippen LogP contribution in [0, 0.1) is 0 Å². The minimum atomic E-state index is -0.648. The standard InChI is InChI=1S/C68H62BN3S/c1-66(2,3)48-30-35-53(36-31-48)71-59-44-58(70(51-26-18-12-19-27-51)52-28-20-13-21-29-52)55(46-24-16-11-17-25-46)43-57(59)69-63-60(71)40-47(45-22-14-10-15-23-45)41-61(63)72(54-37-32-49(33-38-54)67(4,5)6)64-56-42-50(68(7,8)9)34-39-62(56)73-65(64)69/h10-44H,1-9H3/i10D,12D,13D,14D,15D,18D,19D,20D,21D,22D,23D,26D,27D,28D. The number of para-hydroxylation sites is 2. The fourth-order valence-electron chi connectivity index (χ4n) is 10.4. The lowest BCUT2D eigenvalue weighted by molar-refractivity contribution is 0.590.